The highest BCUT2D eigenvalue weighted by atomic mass is 16.6. The van der Waals surface area contributed by atoms with Crippen LogP contribution >= 0.6 is 0 Å². The average Bonchev–Trinajstić information content (AvgIpc) is 2.26. The zero-order chi connectivity index (χ0) is 16.8. The van der Waals surface area contributed by atoms with Crippen LogP contribution in [0.2, 0.25) is 0 Å². The molecule has 21 heavy (non-hydrogen) atoms. The van der Waals surface area contributed by atoms with Crippen molar-refractivity contribution in [2.24, 2.45) is 0 Å². The summed E-state index contributed by atoms with van der Waals surface area (Å²) in [6, 6.07) is 0. The van der Waals surface area contributed by atoms with E-state index in [4.69, 9.17) is 9.47 Å². The largest absolute Gasteiger partial charge is 0.456 e. The summed E-state index contributed by atoms with van der Waals surface area (Å²) in [5.74, 6) is -0.763. The van der Waals surface area contributed by atoms with E-state index in [1.165, 1.54) is 0 Å². The van der Waals surface area contributed by atoms with E-state index in [1.807, 2.05) is 27.7 Å². The van der Waals surface area contributed by atoms with Crippen LogP contribution in [0.4, 0.5) is 0 Å². The molecule has 0 radical (unpaired) electrons. The van der Waals surface area contributed by atoms with Crippen LogP contribution in [-0.2, 0) is 19.1 Å². The number of esters is 2. The Bertz CT molecular complexity index is 390. The normalized spacial score (nSPS) is 11.7. The van der Waals surface area contributed by atoms with Crippen molar-refractivity contribution in [3.8, 4) is 0 Å². The minimum atomic E-state index is -0.565. The van der Waals surface area contributed by atoms with Crippen molar-refractivity contribution in [1.82, 2.24) is 0 Å². The highest BCUT2D eigenvalue weighted by molar-refractivity contribution is 5.87. The van der Waals surface area contributed by atoms with Crippen molar-refractivity contribution in [1.29, 1.82) is 0 Å². The van der Waals surface area contributed by atoms with Gasteiger partial charge in [0.05, 0.1) is 0 Å². The molecule has 0 atom stereocenters. The first-order valence-electron chi connectivity index (χ1n) is 7.14. The van der Waals surface area contributed by atoms with Crippen molar-refractivity contribution in [3.63, 3.8) is 0 Å². The van der Waals surface area contributed by atoms with Crippen molar-refractivity contribution in [3.05, 3.63) is 24.3 Å². The van der Waals surface area contributed by atoms with Gasteiger partial charge in [0.1, 0.15) is 11.2 Å². The molecule has 0 fully saturated rings. The fourth-order valence-corrected chi connectivity index (χ4v) is 1.72. The summed E-state index contributed by atoms with van der Waals surface area (Å²) in [5, 5.41) is 0. The Morgan fingerprint density at radius 2 is 1.10 bits per heavy atom. The Labute approximate surface area is 128 Å². The fourth-order valence-electron chi connectivity index (χ4n) is 1.72. The van der Waals surface area contributed by atoms with E-state index >= 15 is 0 Å². The molecule has 0 N–H and O–H groups in total. The molecule has 0 aromatic rings. The highest BCUT2D eigenvalue weighted by Gasteiger charge is 2.27. The van der Waals surface area contributed by atoms with Gasteiger partial charge in [-0.05, 0) is 60.8 Å². The Hall–Kier alpha value is -1.58. The van der Waals surface area contributed by atoms with Gasteiger partial charge in [-0.2, -0.15) is 0 Å². The van der Waals surface area contributed by atoms with Gasteiger partial charge >= 0.3 is 11.9 Å². The van der Waals surface area contributed by atoms with Crippen molar-refractivity contribution >= 4 is 11.9 Å². The summed E-state index contributed by atoms with van der Waals surface area (Å²) in [6.07, 6.45) is 2.13. The Morgan fingerprint density at radius 1 is 0.810 bits per heavy atom. The van der Waals surface area contributed by atoms with E-state index in [0.29, 0.717) is 24.0 Å². The lowest BCUT2D eigenvalue weighted by Crippen LogP contribution is -2.31. The summed E-state index contributed by atoms with van der Waals surface area (Å²) >= 11 is 0. The first-order chi connectivity index (χ1) is 9.36. The molecule has 0 amide bonds. The van der Waals surface area contributed by atoms with E-state index < -0.39 is 11.2 Å². The lowest BCUT2D eigenvalue weighted by Gasteiger charge is -2.29. The summed E-state index contributed by atoms with van der Waals surface area (Å²) in [5.41, 5.74) is -0.354. The van der Waals surface area contributed by atoms with E-state index in [1.54, 1.807) is 13.8 Å². The van der Waals surface area contributed by atoms with E-state index in [-0.39, 0.29) is 11.9 Å². The quantitative estimate of drug-likeness (QED) is 0.502. The highest BCUT2D eigenvalue weighted by Crippen LogP contribution is 2.25. The van der Waals surface area contributed by atoms with Gasteiger partial charge in [0.15, 0.2) is 0 Å². The molecule has 0 rings (SSSR count). The van der Waals surface area contributed by atoms with E-state index in [2.05, 4.69) is 13.2 Å². The monoisotopic (exact) mass is 296 g/mol. The summed E-state index contributed by atoms with van der Waals surface area (Å²) < 4.78 is 10.7. The molecule has 4 nitrogen and oxygen atoms in total. The van der Waals surface area contributed by atoms with Crippen LogP contribution in [0.15, 0.2) is 24.3 Å². The molecular weight excluding hydrogens is 268 g/mol. The lowest BCUT2D eigenvalue weighted by molar-refractivity contribution is -0.153. The Balaban J connectivity index is 4.34. The number of ether oxygens (including phenoxy) is 2. The Morgan fingerprint density at radius 3 is 1.33 bits per heavy atom. The molecule has 4 heteroatoms. The van der Waals surface area contributed by atoms with Crippen LogP contribution in [0.5, 0.6) is 0 Å². The second-order valence-corrected chi connectivity index (χ2v) is 6.71. The van der Waals surface area contributed by atoms with Crippen LogP contribution in [0.3, 0.4) is 0 Å². The zero-order valence-corrected chi connectivity index (χ0v) is 14.2. The van der Waals surface area contributed by atoms with Crippen molar-refractivity contribution in [2.45, 2.75) is 72.0 Å². The SMILES string of the molecule is C=C(C)C(=O)OC(C)(C)CCCC(C)(C)OC(=O)C(=C)C. The van der Waals surface area contributed by atoms with Gasteiger partial charge in [-0.15, -0.1) is 0 Å². The molecular formula is C17H28O4. The van der Waals surface area contributed by atoms with Crippen LogP contribution in [0, 0.1) is 0 Å². The minimum absolute atomic E-state index is 0.382. The third-order valence-electron chi connectivity index (χ3n) is 2.99. The molecule has 0 aliphatic rings. The third kappa shape index (κ3) is 8.33. The van der Waals surface area contributed by atoms with Crippen molar-refractivity contribution in [2.75, 3.05) is 0 Å². The smallest absolute Gasteiger partial charge is 0.333 e. The predicted molar refractivity (Wildman–Crippen MR) is 83.8 cm³/mol. The molecule has 0 bridgehead atoms. The first kappa shape index (κ1) is 19.4. The predicted octanol–water partition coefficient (Wildman–Crippen LogP) is 3.95. The molecule has 0 spiro atoms. The second-order valence-electron chi connectivity index (χ2n) is 6.71. The van der Waals surface area contributed by atoms with Gasteiger partial charge in [-0.3, -0.25) is 0 Å². The van der Waals surface area contributed by atoms with Crippen LogP contribution < -0.4 is 0 Å². The van der Waals surface area contributed by atoms with Crippen molar-refractivity contribution < 1.29 is 19.1 Å². The summed E-state index contributed by atoms with van der Waals surface area (Å²) in [7, 11) is 0. The zero-order valence-electron chi connectivity index (χ0n) is 14.2. The number of carbonyl (C=O) groups is 2. The van der Waals surface area contributed by atoms with Gasteiger partial charge in [-0.25, -0.2) is 9.59 Å². The number of rotatable bonds is 8. The maximum Gasteiger partial charge on any atom is 0.333 e. The van der Waals surface area contributed by atoms with E-state index in [9.17, 15) is 9.59 Å². The topological polar surface area (TPSA) is 52.6 Å². The van der Waals surface area contributed by atoms with Crippen LogP contribution in [-0.4, -0.2) is 23.1 Å². The first-order valence-corrected chi connectivity index (χ1v) is 7.14. The second kappa shape index (κ2) is 7.43. The standard InChI is InChI=1S/C17H28O4/c1-12(2)14(18)20-16(5,6)10-9-11-17(7,8)21-15(19)13(3)4/h1,3,9-11H2,2,4-8H3. The molecule has 0 aromatic carbocycles. The average molecular weight is 296 g/mol. The van der Waals surface area contributed by atoms with E-state index in [0.717, 1.165) is 6.42 Å². The molecule has 0 unspecified atom stereocenters. The number of carbonyl (C=O) groups excluding carboxylic acids is 2. The number of hydrogen-bond acceptors (Lipinski definition) is 4. The molecule has 0 aliphatic carbocycles. The molecule has 0 aromatic heterocycles. The molecule has 0 saturated heterocycles. The molecule has 0 saturated carbocycles. The molecule has 0 heterocycles. The third-order valence-corrected chi connectivity index (χ3v) is 2.99. The number of hydrogen-bond donors (Lipinski definition) is 0. The maximum atomic E-state index is 11.5. The van der Waals surface area contributed by atoms with Gasteiger partial charge in [0.2, 0.25) is 0 Å². The Kier molecular flexibility index (Phi) is 6.88. The molecule has 120 valence electrons. The molecule has 0 aliphatic heterocycles. The van der Waals surface area contributed by atoms with Gasteiger partial charge in [-0.1, -0.05) is 13.2 Å². The maximum absolute atomic E-state index is 11.5. The minimum Gasteiger partial charge on any atom is -0.456 e. The lowest BCUT2D eigenvalue weighted by atomic mass is 9.95. The van der Waals surface area contributed by atoms with Gasteiger partial charge in [0.25, 0.3) is 0 Å². The summed E-state index contributed by atoms with van der Waals surface area (Å²) in [6.45, 7) is 17.8. The van der Waals surface area contributed by atoms with Gasteiger partial charge in [0, 0.05) is 11.1 Å². The van der Waals surface area contributed by atoms with Gasteiger partial charge < -0.3 is 9.47 Å². The van der Waals surface area contributed by atoms with Crippen LogP contribution in [0.1, 0.15) is 60.8 Å². The summed E-state index contributed by atoms with van der Waals surface area (Å²) in [4.78, 5) is 23.1. The fraction of sp³-hybridized carbons (Fsp3) is 0.647. The van der Waals surface area contributed by atoms with Crippen LogP contribution in [0.25, 0.3) is 0 Å².